The molecule has 0 saturated heterocycles. The number of ketones is 1. The maximum absolute atomic E-state index is 12.1. The third kappa shape index (κ3) is 3.71. The lowest BCUT2D eigenvalue weighted by Gasteiger charge is -2.34. The second kappa shape index (κ2) is 7.59. The van der Waals surface area contributed by atoms with Crippen LogP contribution in [-0.4, -0.2) is 36.8 Å². The van der Waals surface area contributed by atoms with Crippen LogP contribution in [0, 0.1) is 0 Å². The molecule has 24 heavy (non-hydrogen) atoms. The molecule has 0 aromatic heterocycles. The minimum atomic E-state index is -0.682. The molecular formula is C18H19NO5. The smallest absolute Gasteiger partial charge is 0.354 e. The van der Waals surface area contributed by atoms with Crippen LogP contribution in [0.1, 0.15) is 30.5 Å². The van der Waals surface area contributed by atoms with Crippen molar-refractivity contribution in [3.05, 3.63) is 53.4 Å². The zero-order valence-corrected chi connectivity index (χ0v) is 13.8. The van der Waals surface area contributed by atoms with Gasteiger partial charge in [0.05, 0.1) is 26.3 Å². The fourth-order valence-corrected chi connectivity index (χ4v) is 2.62. The van der Waals surface area contributed by atoms with Gasteiger partial charge in [-0.3, -0.25) is 4.79 Å². The number of carbonyl (C=O) groups is 3. The van der Waals surface area contributed by atoms with E-state index in [2.05, 4.69) is 4.74 Å². The lowest BCUT2D eigenvalue weighted by atomic mass is 9.92. The number of esters is 2. The molecule has 0 bridgehead atoms. The number of nitrogens with zero attached hydrogens (tertiary/aromatic N) is 1. The zero-order chi connectivity index (χ0) is 17.7. The maximum Gasteiger partial charge on any atom is 0.354 e. The summed E-state index contributed by atoms with van der Waals surface area (Å²) in [5.41, 5.74) is 1.87. The molecule has 0 amide bonds. The van der Waals surface area contributed by atoms with E-state index in [1.165, 1.54) is 21.1 Å². The molecule has 6 nitrogen and oxygen atoms in total. The molecular weight excluding hydrogens is 310 g/mol. The third-order valence-electron chi connectivity index (χ3n) is 3.71. The molecule has 1 heterocycles. The lowest BCUT2D eigenvalue weighted by molar-refractivity contribution is -0.140. The van der Waals surface area contributed by atoms with Gasteiger partial charge in [-0.15, -0.1) is 0 Å². The zero-order valence-electron chi connectivity index (χ0n) is 13.8. The monoisotopic (exact) mass is 329 g/mol. The SMILES string of the molecule is COC(=O)/C=C(/C(=O)OC)N1C=Cc2ccccc2[C@@H]1CC(C)=O. The van der Waals surface area contributed by atoms with Crippen LogP contribution in [0.15, 0.2) is 42.2 Å². The summed E-state index contributed by atoms with van der Waals surface area (Å²) in [7, 11) is 2.46. The average Bonchev–Trinajstić information content (AvgIpc) is 2.59. The van der Waals surface area contributed by atoms with Crippen molar-refractivity contribution in [3.63, 3.8) is 0 Å². The average molecular weight is 329 g/mol. The van der Waals surface area contributed by atoms with Crippen LogP contribution >= 0.6 is 0 Å². The molecule has 0 saturated carbocycles. The molecule has 126 valence electrons. The van der Waals surface area contributed by atoms with E-state index in [9.17, 15) is 14.4 Å². The van der Waals surface area contributed by atoms with Gasteiger partial charge in [-0.05, 0) is 24.1 Å². The van der Waals surface area contributed by atoms with Gasteiger partial charge in [-0.25, -0.2) is 9.59 Å². The number of Topliss-reactive ketones (excluding diaryl/α,β-unsaturated/α-hetero) is 1. The Hall–Kier alpha value is -2.89. The van der Waals surface area contributed by atoms with E-state index in [0.29, 0.717) is 0 Å². The van der Waals surface area contributed by atoms with Gasteiger partial charge in [0.1, 0.15) is 11.5 Å². The Bertz CT molecular complexity index is 720. The Labute approximate surface area is 140 Å². The van der Waals surface area contributed by atoms with Crippen LogP contribution in [0.4, 0.5) is 0 Å². The number of hydrogen-bond donors (Lipinski definition) is 0. The fraction of sp³-hybridized carbons (Fsp3) is 0.278. The van der Waals surface area contributed by atoms with E-state index in [0.717, 1.165) is 17.2 Å². The summed E-state index contributed by atoms with van der Waals surface area (Å²) in [5, 5.41) is 0. The van der Waals surface area contributed by atoms with E-state index in [-0.39, 0.29) is 17.9 Å². The Morgan fingerprint density at radius 1 is 1.17 bits per heavy atom. The van der Waals surface area contributed by atoms with Crippen LogP contribution in [0.25, 0.3) is 6.08 Å². The summed E-state index contributed by atoms with van der Waals surface area (Å²) in [5.74, 6) is -1.39. The summed E-state index contributed by atoms with van der Waals surface area (Å²) in [6.07, 6.45) is 4.75. The van der Waals surface area contributed by atoms with Gasteiger partial charge in [0.25, 0.3) is 0 Å². The number of hydrogen-bond acceptors (Lipinski definition) is 6. The predicted octanol–water partition coefficient (Wildman–Crippen LogP) is 2.22. The van der Waals surface area contributed by atoms with Gasteiger partial charge in [0.15, 0.2) is 0 Å². The number of benzene rings is 1. The third-order valence-corrected chi connectivity index (χ3v) is 3.71. The summed E-state index contributed by atoms with van der Waals surface area (Å²) in [4.78, 5) is 37.1. The second-order valence-corrected chi connectivity index (χ2v) is 5.32. The highest BCUT2D eigenvalue weighted by Crippen LogP contribution is 2.35. The van der Waals surface area contributed by atoms with Crippen molar-refractivity contribution in [3.8, 4) is 0 Å². The highest BCUT2D eigenvalue weighted by atomic mass is 16.5. The van der Waals surface area contributed by atoms with Crippen LogP contribution in [0.3, 0.4) is 0 Å². The predicted molar refractivity (Wildman–Crippen MR) is 87.5 cm³/mol. The molecule has 6 heteroatoms. The summed E-state index contributed by atoms with van der Waals surface area (Å²) in [6, 6.07) is 7.18. The van der Waals surface area contributed by atoms with Crippen molar-refractivity contribution in [2.75, 3.05) is 14.2 Å². The van der Waals surface area contributed by atoms with Crippen molar-refractivity contribution in [1.82, 2.24) is 4.90 Å². The van der Waals surface area contributed by atoms with Crippen LogP contribution < -0.4 is 0 Å². The first-order valence-electron chi connectivity index (χ1n) is 7.40. The quantitative estimate of drug-likeness (QED) is 0.609. The Morgan fingerprint density at radius 2 is 1.88 bits per heavy atom. The molecule has 0 radical (unpaired) electrons. The number of carbonyl (C=O) groups excluding carboxylic acids is 3. The number of rotatable bonds is 5. The van der Waals surface area contributed by atoms with Gasteiger partial charge < -0.3 is 14.4 Å². The minimum absolute atomic E-state index is 0.0151. The molecule has 2 rings (SSSR count). The van der Waals surface area contributed by atoms with Gasteiger partial charge in [-0.2, -0.15) is 0 Å². The molecule has 1 aromatic rings. The van der Waals surface area contributed by atoms with Crippen molar-refractivity contribution >= 4 is 23.8 Å². The molecule has 0 aliphatic carbocycles. The number of ether oxygens (including phenoxy) is 2. The topological polar surface area (TPSA) is 72.9 Å². The van der Waals surface area contributed by atoms with Gasteiger partial charge in [-0.1, -0.05) is 24.3 Å². The van der Waals surface area contributed by atoms with Crippen molar-refractivity contribution in [1.29, 1.82) is 0 Å². The standard InChI is InChI=1S/C18H19NO5/c1-12(20)10-15-14-7-5-4-6-13(14)8-9-19(15)16(18(22)24-3)11-17(21)23-2/h4-9,11,15H,10H2,1-3H3/b16-11-/t15-/m0/s1. The first-order valence-corrected chi connectivity index (χ1v) is 7.40. The molecule has 1 aliphatic rings. The van der Waals surface area contributed by atoms with Crippen molar-refractivity contribution in [2.24, 2.45) is 0 Å². The minimum Gasteiger partial charge on any atom is -0.466 e. The molecule has 0 N–H and O–H groups in total. The lowest BCUT2D eigenvalue weighted by Crippen LogP contribution is -2.32. The van der Waals surface area contributed by atoms with Crippen molar-refractivity contribution in [2.45, 2.75) is 19.4 Å². The molecule has 1 aromatic carbocycles. The van der Waals surface area contributed by atoms with Crippen molar-refractivity contribution < 1.29 is 23.9 Å². The Balaban J connectivity index is 2.52. The number of fused-ring (bicyclic) bond motifs is 1. The van der Waals surface area contributed by atoms with Crippen LogP contribution in [-0.2, 0) is 23.9 Å². The molecule has 0 unspecified atom stereocenters. The highest BCUT2D eigenvalue weighted by molar-refractivity contribution is 5.96. The molecule has 1 atom stereocenters. The first-order chi connectivity index (χ1) is 11.5. The van der Waals surface area contributed by atoms with E-state index in [4.69, 9.17) is 4.74 Å². The largest absolute Gasteiger partial charge is 0.466 e. The van der Waals surface area contributed by atoms with Crippen LogP contribution in [0.2, 0.25) is 0 Å². The van der Waals surface area contributed by atoms with Crippen LogP contribution in [0.5, 0.6) is 0 Å². The Morgan fingerprint density at radius 3 is 2.50 bits per heavy atom. The maximum atomic E-state index is 12.1. The molecule has 0 spiro atoms. The molecule has 1 aliphatic heterocycles. The van der Waals surface area contributed by atoms with Gasteiger partial charge in [0.2, 0.25) is 0 Å². The molecule has 0 fully saturated rings. The van der Waals surface area contributed by atoms with E-state index in [1.807, 2.05) is 30.3 Å². The highest BCUT2D eigenvalue weighted by Gasteiger charge is 2.30. The van der Waals surface area contributed by atoms with Gasteiger partial charge >= 0.3 is 11.9 Å². The Kier molecular flexibility index (Phi) is 5.52. The van der Waals surface area contributed by atoms with Gasteiger partial charge in [0, 0.05) is 12.6 Å². The second-order valence-electron chi connectivity index (χ2n) is 5.32. The fourth-order valence-electron chi connectivity index (χ4n) is 2.62. The normalized spacial score (nSPS) is 16.4. The number of methoxy groups -OCH3 is 2. The first kappa shape index (κ1) is 17.5. The van der Waals surface area contributed by atoms with E-state index >= 15 is 0 Å². The van der Waals surface area contributed by atoms with E-state index < -0.39 is 18.0 Å². The summed E-state index contributed by atoms with van der Waals surface area (Å²) >= 11 is 0. The summed E-state index contributed by atoms with van der Waals surface area (Å²) in [6.45, 7) is 1.49. The summed E-state index contributed by atoms with van der Waals surface area (Å²) < 4.78 is 9.39. The van der Waals surface area contributed by atoms with E-state index in [1.54, 1.807) is 11.1 Å².